The van der Waals surface area contributed by atoms with Gasteiger partial charge >= 0.3 is 15.6 Å². The van der Waals surface area contributed by atoms with Crippen LogP contribution in [0.1, 0.15) is 16.7 Å². The van der Waals surface area contributed by atoms with Crippen molar-refractivity contribution in [1.29, 1.82) is 0 Å². The van der Waals surface area contributed by atoms with E-state index in [0.29, 0.717) is 39.2 Å². The summed E-state index contributed by atoms with van der Waals surface area (Å²) in [5, 5.41) is 0. The maximum absolute atomic E-state index is 14.1. The lowest BCUT2D eigenvalue weighted by molar-refractivity contribution is -0.110. The molecule has 52 heavy (non-hydrogen) atoms. The predicted molar refractivity (Wildman–Crippen MR) is 196 cm³/mol. The number of allylic oxidation sites excluding steroid dienone is 4. The number of Topliss-reactive ketones (excluding diaryl/α,β-unsaturated/α-hetero) is 1. The highest BCUT2D eigenvalue weighted by molar-refractivity contribution is 7.88. The molecule has 256 valence electrons. The molecule has 0 saturated heterocycles. The number of fused-ring (bicyclic) bond motifs is 2. The van der Waals surface area contributed by atoms with Gasteiger partial charge in [-0.05, 0) is 63.8 Å². The highest BCUT2D eigenvalue weighted by atomic mass is 32.2. The Kier molecular flexibility index (Phi) is 8.03. The maximum atomic E-state index is 14.1. The van der Waals surface area contributed by atoms with Gasteiger partial charge in [-0.25, -0.2) is 0 Å². The smallest absolute Gasteiger partial charge is 0.373 e. The number of rotatable bonds is 7. The largest absolute Gasteiger partial charge is 0.534 e. The Morgan fingerprint density at radius 1 is 0.692 bits per heavy atom. The molecular weight excluding hydrogens is 686 g/mol. The summed E-state index contributed by atoms with van der Waals surface area (Å²) < 4.78 is 73.2. The fourth-order valence-corrected chi connectivity index (χ4v) is 7.08. The molecule has 4 aromatic carbocycles. The molecule has 2 aliphatic heterocycles. The fourth-order valence-electron chi connectivity index (χ4n) is 6.60. The van der Waals surface area contributed by atoms with Gasteiger partial charge in [-0.2, -0.15) is 21.6 Å². The second kappa shape index (κ2) is 12.7. The van der Waals surface area contributed by atoms with E-state index in [1.807, 2.05) is 77.8 Å². The summed E-state index contributed by atoms with van der Waals surface area (Å²) in [7, 11) is -6.05. The Bertz CT molecular complexity index is 2590. The molecule has 0 aliphatic carbocycles. The minimum Gasteiger partial charge on any atom is -0.373 e. The van der Waals surface area contributed by atoms with Crippen molar-refractivity contribution in [3.8, 4) is 28.1 Å². The molecular formula is C42H27F3N2O4S. The van der Waals surface area contributed by atoms with Crippen LogP contribution in [-0.4, -0.2) is 29.0 Å². The van der Waals surface area contributed by atoms with Crippen LogP contribution >= 0.6 is 0 Å². The van der Waals surface area contributed by atoms with Crippen molar-refractivity contribution in [2.24, 2.45) is 0 Å². The number of halogens is 3. The van der Waals surface area contributed by atoms with Gasteiger partial charge in [0.05, 0.1) is 33.7 Å². The van der Waals surface area contributed by atoms with Gasteiger partial charge in [0, 0.05) is 12.4 Å². The van der Waals surface area contributed by atoms with Crippen LogP contribution in [0.5, 0.6) is 5.75 Å². The number of nitrogens with zero attached hydrogens (tertiary/aromatic N) is 2. The zero-order valence-electron chi connectivity index (χ0n) is 27.2. The highest BCUT2D eigenvalue weighted by Crippen LogP contribution is 2.47. The molecule has 6 nitrogen and oxygen atoms in total. The molecule has 2 aliphatic rings. The number of ketones is 1. The van der Waals surface area contributed by atoms with Crippen molar-refractivity contribution in [3.63, 3.8) is 0 Å². The summed E-state index contributed by atoms with van der Waals surface area (Å²) in [4.78, 5) is 15.9. The van der Waals surface area contributed by atoms with Crippen molar-refractivity contribution in [1.82, 2.24) is 9.30 Å². The van der Waals surface area contributed by atoms with Crippen LogP contribution in [0.3, 0.4) is 0 Å². The third kappa shape index (κ3) is 5.72. The second-order valence-electron chi connectivity index (χ2n) is 12.1. The average molecular weight is 713 g/mol. The number of hydrogen-bond acceptors (Lipinski definition) is 5. The summed E-state index contributed by atoms with van der Waals surface area (Å²) in [6.07, 6.45) is 8.86. The van der Waals surface area contributed by atoms with Gasteiger partial charge in [0.25, 0.3) is 0 Å². The Morgan fingerprint density at radius 2 is 1.25 bits per heavy atom. The van der Waals surface area contributed by atoms with Gasteiger partial charge < -0.3 is 13.5 Å². The molecule has 2 aromatic heterocycles. The van der Waals surface area contributed by atoms with Crippen LogP contribution < -0.4 is 4.18 Å². The number of benzene rings is 4. The van der Waals surface area contributed by atoms with Gasteiger partial charge in [-0.15, -0.1) is 0 Å². The maximum Gasteiger partial charge on any atom is 0.534 e. The number of hydrogen-bond donors (Lipinski definition) is 0. The number of aromatic nitrogens is 1. The first-order chi connectivity index (χ1) is 25.1. The third-order valence-electron chi connectivity index (χ3n) is 8.86. The van der Waals surface area contributed by atoms with E-state index < -0.39 is 21.4 Å². The number of alkyl halides is 3. The molecule has 8 rings (SSSR count). The minimum atomic E-state index is -6.05. The van der Waals surface area contributed by atoms with Gasteiger partial charge in [0.2, 0.25) is 5.78 Å². The first-order valence-electron chi connectivity index (χ1n) is 16.2. The summed E-state index contributed by atoms with van der Waals surface area (Å²) in [6.45, 7) is 0. The lowest BCUT2D eigenvalue weighted by atomic mass is 9.98. The van der Waals surface area contributed by atoms with Crippen molar-refractivity contribution in [2.75, 3.05) is 0 Å². The first kappa shape index (κ1) is 32.8. The van der Waals surface area contributed by atoms with Crippen LogP contribution in [0, 0.1) is 0 Å². The molecule has 0 radical (unpaired) electrons. The lowest BCUT2D eigenvalue weighted by Crippen LogP contribution is -2.28. The van der Waals surface area contributed by atoms with Crippen LogP contribution in [0.25, 0.3) is 45.2 Å². The number of carbonyl (C=O) groups excluding carboxylic acids is 1. The Hall–Kier alpha value is -6.39. The van der Waals surface area contributed by atoms with Crippen LogP contribution in [0.15, 0.2) is 169 Å². The van der Waals surface area contributed by atoms with Crippen molar-refractivity contribution < 1.29 is 30.6 Å². The van der Waals surface area contributed by atoms with Gasteiger partial charge in [0.1, 0.15) is 0 Å². The lowest BCUT2D eigenvalue weighted by Gasteiger charge is -2.22. The predicted octanol–water partition coefficient (Wildman–Crippen LogP) is 9.75. The van der Waals surface area contributed by atoms with Crippen LogP contribution in [-0.2, 0) is 14.9 Å². The van der Waals surface area contributed by atoms with E-state index in [1.54, 1.807) is 95.5 Å². The van der Waals surface area contributed by atoms with Gasteiger partial charge in [-0.1, -0.05) is 121 Å². The van der Waals surface area contributed by atoms with Crippen molar-refractivity contribution in [2.45, 2.75) is 5.51 Å². The van der Waals surface area contributed by atoms with E-state index in [-0.39, 0.29) is 16.9 Å². The standard InChI is InChI=1S/C42H27F3N2O4S/c43-42(44,45)52(49,50)51-41-35-27-29(22-24-47(35)39(33-19-11-4-12-20-33)37(41)31-15-7-2-8-16-31)25-28-21-23-46-34(26-28)40(48)36(30-13-5-1-6-14-30)38(46)32-17-9-3-10-18-32/h1-27H. The molecule has 10 heteroatoms. The SMILES string of the molecule is O=C1C2=CC(=Cc3ccn4c(-c5ccccc5)c(-c5ccccc5)c(OS(=O)(=O)C(F)(F)F)c4c3)C=CN2C(c2ccccc2)=C1c1ccccc1. The average Bonchev–Trinajstić information content (AvgIpc) is 3.63. The topological polar surface area (TPSA) is 68.1 Å². The zero-order chi connectivity index (χ0) is 36.0. The van der Waals surface area contributed by atoms with E-state index in [4.69, 9.17) is 4.18 Å². The van der Waals surface area contributed by atoms with Gasteiger partial charge in [-0.3, -0.25) is 4.79 Å². The normalized spacial score (nSPS) is 15.4. The fraction of sp³-hybridized carbons (Fsp3) is 0.0238. The Labute approximate surface area is 297 Å². The van der Waals surface area contributed by atoms with E-state index in [1.165, 1.54) is 0 Å². The van der Waals surface area contributed by atoms with Crippen molar-refractivity contribution >= 4 is 38.8 Å². The summed E-state index contributed by atoms with van der Waals surface area (Å²) in [5.41, 5.74) is 0.772. The van der Waals surface area contributed by atoms with E-state index >= 15 is 0 Å². The van der Waals surface area contributed by atoms with Crippen LogP contribution in [0.4, 0.5) is 13.2 Å². The molecule has 0 saturated carbocycles. The molecule has 0 bridgehead atoms. The van der Waals surface area contributed by atoms with Gasteiger partial charge in [0.15, 0.2) is 5.75 Å². The number of pyridine rings is 1. The second-order valence-corrected chi connectivity index (χ2v) is 13.7. The van der Waals surface area contributed by atoms with Crippen molar-refractivity contribution in [3.05, 3.63) is 186 Å². The minimum absolute atomic E-state index is 0.102. The first-order valence-corrected chi connectivity index (χ1v) is 17.6. The molecule has 0 unspecified atom stereocenters. The molecule has 0 N–H and O–H groups in total. The summed E-state index contributed by atoms with van der Waals surface area (Å²) in [6, 6.07) is 39.9. The molecule has 0 spiro atoms. The van der Waals surface area contributed by atoms with E-state index in [9.17, 15) is 26.4 Å². The highest BCUT2D eigenvalue weighted by Gasteiger charge is 2.49. The zero-order valence-corrected chi connectivity index (χ0v) is 28.0. The molecule has 0 amide bonds. The van der Waals surface area contributed by atoms with E-state index in [2.05, 4.69) is 0 Å². The van der Waals surface area contributed by atoms with Crippen LogP contribution in [0.2, 0.25) is 0 Å². The Balaban J connectivity index is 1.28. The summed E-state index contributed by atoms with van der Waals surface area (Å²) >= 11 is 0. The molecule has 0 fully saturated rings. The molecule has 6 aromatic rings. The van der Waals surface area contributed by atoms with E-state index in [0.717, 1.165) is 16.8 Å². The molecule has 4 heterocycles. The quantitative estimate of drug-likeness (QED) is 0.122. The third-order valence-corrected chi connectivity index (χ3v) is 9.82. The molecule has 0 atom stereocenters. The monoisotopic (exact) mass is 712 g/mol. The summed E-state index contributed by atoms with van der Waals surface area (Å²) in [5.74, 6) is -0.614. The Morgan fingerprint density at radius 3 is 1.85 bits per heavy atom. The number of carbonyl (C=O) groups is 1.